The van der Waals surface area contributed by atoms with Gasteiger partial charge >= 0.3 is 6.03 Å². The Hall–Kier alpha value is -2.15. The molecule has 2 unspecified atom stereocenters. The Morgan fingerprint density at radius 2 is 2.17 bits per heavy atom. The first-order valence-electron chi connectivity index (χ1n) is 5.43. The molecular weight excluding hydrogens is 236 g/mol. The van der Waals surface area contributed by atoms with Gasteiger partial charge in [0.25, 0.3) is 0 Å². The second-order valence-corrected chi connectivity index (χ2v) is 4.19. The second kappa shape index (κ2) is 4.26. The van der Waals surface area contributed by atoms with Crippen LogP contribution in [0.3, 0.4) is 0 Å². The van der Waals surface area contributed by atoms with Crippen LogP contribution in [0.25, 0.3) is 0 Å². The lowest BCUT2D eigenvalue weighted by Gasteiger charge is -2.18. The summed E-state index contributed by atoms with van der Waals surface area (Å²) in [7, 11) is 1.61. The van der Waals surface area contributed by atoms with Crippen molar-refractivity contribution in [2.75, 3.05) is 11.9 Å². The summed E-state index contributed by atoms with van der Waals surface area (Å²) in [5.41, 5.74) is 5.35. The molecule has 3 amide bonds. The third-order valence-corrected chi connectivity index (χ3v) is 3.09. The monoisotopic (exact) mass is 250 g/mol. The van der Waals surface area contributed by atoms with Gasteiger partial charge in [-0.1, -0.05) is 0 Å². The fourth-order valence-electron chi connectivity index (χ4n) is 1.78. The highest BCUT2D eigenvalue weighted by molar-refractivity contribution is 5.95. The lowest BCUT2D eigenvalue weighted by molar-refractivity contribution is 0.1000. The standard InChI is InChI=1S/C11H14N4O3/c1-6-10(17)15(11(18)14(6)2)8-4-3-7(5-13-8)9(12)16/h3-6,10,17H,1-2H3,(H2,12,16). The van der Waals surface area contributed by atoms with E-state index in [1.807, 2.05) is 0 Å². The van der Waals surface area contributed by atoms with Crippen molar-refractivity contribution in [1.29, 1.82) is 0 Å². The highest BCUT2D eigenvalue weighted by Gasteiger charge is 2.41. The molecule has 2 heterocycles. The summed E-state index contributed by atoms with van der Waals surface area (Å²) >= 11 is 0. The van der Waals surface area contributed by atoms with Crippen molar-refractivity contribution in [1.82, 2.24) is 9.88 Å². The van der Waals surface area contributed by atoms with Gasteiger partial charge < -0.3 is 15.7 Å². The molecule has 1 saturated heterocycles. The largest absolute Gasteiger partial charge is 0.371 e. The molecule has 7 heteroatoms. The average molecular weight is 250 g/mol. The maximum absolute atomic E-state index is 11.9. The molecule has 1 aliphatic heterocycles. The van der Waals surface area contributed by atoms with Crippen LogP contribution in [0.4, 0.5) is 10.6 Å². The van der Waals surface area contributed by atoms with E-state index in [1.54, 1.807) is 14.0 Å². The molecule has 0 aliphatic carbocycles. The minimum Gasteiger partial charge on any atom is -0.371 e. The Kier molecular flexibility index (Phi) is 2.92. The smallest absolute Gasteiger partial charge is 0.328 e. The van der Waals surface area contributed by atoms with Crippen LogP contribution in [0.5, 0.6) is 0 Å². The fourth-order valence-corrected chi connectivity index (χ4v) is 1.78. The van der Waals surface area contributed by atoms with E-state index in [0.717, 1.165) is 0 Å². The van der Waals surface area contributed by atoms with E-state index in [-0.39, 0.29) is 23.5 Å². The van der Waals surface area contributed by atoms with Gasteiger partial charge in [-0.25, -0.2) is 14.7 Å². The molecule has 0 saturated carbocycles. The molecule has 18 heavy (non-hydrogen) atoms. The topological polar surface area (TPSA) is 99.8 Å². The molecule has 96 valence electrons. The first kappa shape index (κ1) is 12.3. The number of nitrogens with zero attached hydrogens (tertiary/aromatic N) is 3. The number of primary amides is 1. The van der Waals surface area contributed by atoms with E-state index >= 15 is 0 Å². The van der Waals surface area contributed by atoms with Crippen LogP contribution in [-0.4, -0.2) is 46.2 Å². The third kappa shape index (κ3) is 1.78. The number of nitrogens with two attached hydrogens (primary N) is 1. The molecule has 1 aromatic rings. The Balaban J connectivity index is 2.32. The number of carbonyl (C=O) groups is 2. The van der Waals surface area contributed by atoms with Gasteiger partial charge in [-0.2, -0.15) is 0 Å². The van der Waals surface area contributed by atoms with E-state index < -0.39 is 12.1 Å². The number of aliphatic hydroxyl groups is 1. The van der Waals surface area contributed by atoms with Crippen LogP contribution in [0.2, 0.25) is 0 Å². The summed E-state index contributed by atoms with van der Waals surface area (Å²) in [6.07, 6.45) is 0.315. The third-order valence-electron chi connectivity index (χ3n) is 3.09. The minimum absolute atomic E-state index is 0.251. The number of carbonyl (C=O) groups excluding carboxylic acids is 2. The van der Waals surface area contributed by atoms with Crippen LogP contribution in [0, 0.1) is 0 Å². The quantitative estimate of drug-likeness (QED) is 0.756. The summed E-state index contributed by atoms with van der Waals surface area (Å²) < 4.78 is 0. The van der Waals surface area contributed by atoms with Gasteiger partial charge in [-0.15, -0.1) is 0 Å². The van der Waals surface area contributed by atoms with Gasteiger partial charge in [-0.05, 0) is 19.1 Å². The van der Waals surface area contributed by atoms with Crippen molar-refractivity contribution in [3.05, 3.63) is 23.9 Å². The number of rotatable bonds is 2. The lowest BCUT2D eigenvalue weighted by Crippen LogP contribution is -2.36. The van der Waals surface area contributed by atoms with Crippen molar-refractivity contribution < 1.29 is 14.7 Å². The molecule has 0 bridgehead atoms. The van der Waals surface area contributed by atoms with E-state index in [2.05, 4.69) is 4.98 Å². The summed E-state index contributed by atoms with van der Waals surface area (Å²) in [6.45, 7) is 1.74. The van der Waals surface area contributed by atoms with Gasteiger partial charge in [0.2, 0.25) is 5.91 Å². The van der Waals surface area contributed by atoms with Crippen LogP contribution in [-0.2, 0) is 0 Å². The van der Waals surface area contributed by atoms with Gasteiger partial charge in [0, 0.05) is 13.2 Å². The molecule has 0 aromatic carbocycles. The Morgan fingerprint density at radius 3 is 2.56 bits per heavy atom. The molecule has 0 spiro atoms. The van der Waals surface area contributed by atoms with Crippen LogP contribution < -0.4 is 10.6 Å². The van der Waals surface area contributed by atoms with Crippen molar-refractivity contribution in [3.63, 3.8) is 0 Å². The first-order chi connectivity index (χ1) is 8.43. The number of aromatic nitrogens is 1. The number of anilines is 1. The summed E-state index contributed by atoms with van der Waals surface area (Å²) in [5, 5.41) is 9.96. The maximum Gasteiger partial charge on any atom is 0.328 e. The average Bonchev–Trinajstić information content (AvgIpc) is 2.54. The van der Waals surface area contributed by atoms with Gasteiger partial charge in [0.1, 0.15) is 5.82 Å². The van der Waals surface area contributed by atoms with Crippen LogP contribution in [0.1, 0.15) is 17.3 Å². The molecule has 2 atom stereocenters. The number of amides is 3. The molecule has 1 fully saturated rings. The molecule has 3 N–H and O–H groups in total. The number of urea groups is 1. The van der Waals surface area contributed by atoms with E-state index in [9.17, 15) is 14.7 Å². The fraction of sp³-hybridized carbons (Fsp3) is 0.364. The highest BCUT2D eigenvalue weighted by atomic mass is 16.3. The van der Waals surface area contributed by atoms with E-state index in [0.29, 0.717) is 0 Å². The molecular formula is C11H14N4O3. The molecule has 1 aliphatic rings. The zero-order valence-corrected chi connectivity index (χ0v) is 10.1. The molecule has 1 aromatic heterocycles. The van der Waals surface area contributed by atoms with Gasteiger partial charge in [0.15, 0.2) is 6.23 Å². The number of hydrogen-bond donors (Lipinski definition) is 2. The van der Waals surface area contributed by atoms with Crippen molar-refractivity contribution in [3.8, 4) is 0 Å². The summed E-state index contributed by atoms with van der Waals surface area (Å²) in [6, 6.07) is 2.28. The zero-order chi connectivity index (χ0) is 13.4. The Bertz CT molecular complexity index is 488. The number of hydrogen-bond acceptors (Lipinski definition) is 4. The normalized spacial score (nSPS) is 23.6. The highest BCUT2D eigenvalue weighted by Crippen LogP contribution is 2.25. The Morgan fingerprint density at radius 1 is 1.50 bits per heavy atom. The number of pyridine rings is 1. The maximum atomic E-state index is 11.9. The predicted molar refractivity (Wildman–Crippen MR) is 63.9 cm³/mol. The molecule has 0 radical (unpaired) electrons. The Labute approximate surface area is 104 Å². The minimum atomic E-state index is -0.963. The van der Waals surface area contributed by atoms with E-state index in [4.69, 9.17) is 5.73 Å². The van der Waals surface area contributed by atoms with Crippen LogP contribution >= 0.6 is 0 Å². The van der Waals surface area contributed by atoms with E-state index in [1.165, 1.54) is 28.1 Å². The van der Waals surface area contributed by atoms with Crippen molar-refractivity contribution in [2.45, 2.75) is 19.2 Å². The van der Waals surface area contributed by atoms with Crippen molar-refractivity contribution >= 4 is 17.8 Å². The van der Waals surface area contributed by atoms with Crippen LogP contribution in [0.15, 0.2) is 18.3 Å². The summed E-state index contributed by atoms with van der Waals surface area (Å²) in [5.74, 6) is -0.304. The molecule has 7 nitrogen and oxygen atoms in total. The number of aliphatic hydroxyl groups excluding tert-OH is 1. The zero-order valence-electron chi connectivity index (χ0n) is 10.1. The summed E-state index contributed by atoms with van der Waals surface area (Å²) in [4.78, 5) is 29.4. The second-order valence-electron chi connectivity index (χ2n) is 4.19. The first-order valence-corrected chi connectivity index (χ1v) is 5.43. The van der Waals surface area contributed by atoms with Gasteiger partial charge in [0.05, 0.1) is 11.6 Å². The van der Waals surface area contributed by atoms with Crippen molar-refractivity contribution in [2.24, 2.45) is 5.73 Å². The SMILES string of the molecule is CC1C(O)N(c2ccc(C(N)=O)cn2)C(=O)N1C. The number of likely N-dealkylation sites (N-methyl/N-ethyl adjacent to an activating group) is 1. The predicted octanol–water partition coefficient (Wildman–Crippen LogP) is -0.241. The van der Waals surface area contributed by atoms with Gasteiger partial charge in [-0.3, -0.25) is 4.79 Å². The lowest BCUT2D eigenvalue weighted by atomic mass is 10.2. The molecule has 2 rings (SSSR count).